The Hall–Kier alpha value is -3.61. The van der Waals surface area contributed by atoms with Gasteiger partial charge in [0.2, 0.25) is 0 Å². The van der Waals surface area contributed by atoms with Crippen molar-refractivity contribution in [2.45, 2.75) is 0 Å². The fourth-order valence-corrected chi connectivity index (χ4v) is 2.17. The maximum Gasteiger partial charge on any atom is 0.287 e. The molecule has 0 aliphatic heterocycles. The van der Waals surface area contributed by atoms with Crippen LogP contribution in [0.4, 0.5) is 4.39 Å². The maximum absolute atomic E-state index is 13.0. The van der Waals surface area contributed by atoms with Crippen molar-refractivity contribution >= 4 is 11.6 Å². The van der Waals surface area contributed by atoms with Crippen molar-refractivity contribution in [2.75, 3.05) is 0 Å². The molecule has 4 N–H and O–H groups in total. The fourth-order valence-electron chi connectivity index (χ4n) is 2.17. The SMILES string of the molecule is C=C(NNC(=O)c1cc(-c2ccc(F)cc2)n[nH]1)c1cccc(O)c1. The van der Waals surface area contributed by atoms with E-state index >= 15 is 0 Å². The van der Waals surface area contributed by atoms with Crippen LogP contribution in [-0.2, 0) is 0 Å². The monoisotopic (exact) mass is 338 g/mol. The van der Waals surface area contributed by atoms with E-state index in [2.05, 4.69) is 27.6 Å². The van der Waals surface area contributed by atoms with E-state index in [4.69, 9.17) is 0 Å². The van der Waals surface area contributed by atoms with Gasteiger partial charge in [0.05, 0.1) is 11.4 Å². The third kappa shape index (κ3) is 3.84. The Morgan fingerprint density at radius 3 is 2.60 bits per heavy atom. The van der Waals surface area contributed by atoms with Crippen LogP contribution in [0.2, 0.25) is 0 Å². The molecule has 0 bridgehead atoms. The molecule has 0 aliphatic rings. The first kappa shape index (κ1) is 16.3. The number of carbonyl (C=O) groups excluding carboxylic acids is 1. The van der Waals surface area contributed by atoms with Crippen LogP contribution in [0.1, 0.15) is 16.1 Å². The summed E-state index contributed by atoms with van der Waals surface area (Å²) in [5, 5.41) is 16.1. The normalized spacial score (nSPS) is 10.3. The van der Waals surface area contributed by atoms with Gasteiger partial charge in [-0.25, -0.2) is 4.39 Å². The van der Waals surface area contributed by atoms with E-state index in [0.717, 1.165) is 0 Å². The predicted octanol–water partition coefficient (Wildman–Crippen LogP) is 2.83. The van der Waals surface area contributed by atoms with Gasteiger partial charge in [-0.1, -0.05) is 18.7 Å². The number of H-pyrrole nitrogens is 1. The van der Waals surface area contributed by atoms with Gasteiger partial charge in [-0.05, 0) is 42.5 Å². The molecule has 0 saturated heterocycles. The third-order valence-corrected chi connectivity index (χ3v) is 3.48. The minimum atomic E-state index is -0.442. The Kier molecular flexibility index (Phi) is 4.47. The van der Waals surface area contributed by atoms with Crippen LogP contribution in [0.5, 0.6) is 5.75 Å². The minimum absolute atomic E-state index is 0.101. The molecule has 1 heterocycles. The summed E-state index contributed by atoms with van der Waals surface area (Å²) in [6.45, 7) is 3.79. The average molecular weight is 338 g/mol. The first-order chi connectivity index (χ1) is 12.0. The topological polar surface area (TPSA) is 90.0 Å². The molecule has 3 aromatic rings. The molecule has 0 spiro atoms. The van der Waals surface area contributed by atoms with Crippen LogP contribution in [-0.4, -0.2) is 21.2 Å². The summed E-state index contributed by atoms with van der Waals surface area (Å²) in [6.07, 6.45) is 0. The van der Waals surface area contributed by atoms with E-state index in [1.807, 2.05) is 0 Å². The number of halogens is 1. The standard InChI is InChI=1S/C18H15FN4O2/c1-11(13-3-2-4-15(24)9-13)20-23-18(25)17-10-16(21-22-17)12-5-7-14(19)8-6-12/h2-10,20,24H,1H2,(H,21,22)(H,23,25). The number of aromatic hydroxyl groups is 1. The van der Waals surface area contributed by atoms with Gasteiger partial charge in [0, 0.05) is 11.1 Å². The Bertz CT molecular complexity index is 919. The van der Waals surface area contributed by atoms with E-state index in [9.17, 15) is 14.3 Å². The zero-order valence-electron chi connectivity index (χ0n) is 13.1. The molecule has 2 aromatic carbocycles. The van der Waals surface area contributed by atoms with E-state index in [-0.39, 0.29) is 17.3 Å². The first-order valence-corrected chi connectivity index (χ1v) is 7.39. The molecule has 6 nitrogen and oxygen atoms in total. The van der Waals surface area contributed by atoms with Gasteiger partial charge in [-0.15, -0.1) is 0 Å². The van der Waals surface area contributed by atoms with Gasteiger partial charge in [0.1, 0.15) is 17.3 Å². The summed E-state index contributed by atoms with van der Waals surface area (Å²) in [4.78, 5) is 12.2. The number of aromatic nitrogens is 2. The Morgan fingerprint density at radius 1 is 1.12 bits per heavy atom. The van der Waals surface area contributed by atoms with Crippen molar-refractivity contribution in [1.29, 1.82) is 0 Å². The van der Waals surface area contributed by atoms with Gasteiger partial charge >= 0.3 is 0 Å². The van der Waals surface area contributed by atoms with Gasteiger partial charge in [0.25, 0.3) is 5.91 Å². The van der Waals surface area contributed by atoms with Crippen molar-refractivity contribution in [2.24, 2.45) is 0 Å². The molecule has 126 valence electrons. The molecule has 1 amide bonds. The number of aromatic amines is 1. The second kappa shape index (κ2) is 6.88. The van der Waals surface area contributed by atoms with E-state index in [1.54, 1.807) is 30.3 Å². The zero-order valence-corrected chi connectivity index (χ0v) is 13.1. The maximum atomic E-state index is 13.0. The fraction of sp³-hybridized carbons (Fsp3) is 0. The number of benzene rings is 2. The molecule has 7 heteroatoms. The van der Waals surface area contributed by atoms with Gasteiger partial charge < -0.3 is 5.11 Å². The lowest BCUT2D eigenvalue weighted by molar-refractivity contribution is 0.0937. The number of hydrazine groups is 1. The lowest BCUT2D eigenvalue weighted by Gasteiger charge is -2.10. The number of carbonyl (C=O) groups is 1. The highest BCUT2D eigenvalue weighted by Gasteiger charge is 2.11. The van der Waals surface area contributed by atoms with Crippen LogP contribution in [0.25, 0.3) is 17.0 Å². The largest absolute Gasteiger partial charge is 0.508 e. The first-order valence-electron chi connectivity index (χ1n) is 7.39. The van der Waals surface area contributed by atoms with Crippen molar-refractivity contribution in [3.05, 3.63) is 78.3 Å². The zero-order chi connectivity index (χ0) is 17.8. The minimum Gasteiger partial charge on any atom is -0.508 e. The molecule has 25 heavy (non-hydrogen) atoms. The third-order valence-electron chi connectivity index (χ3n) is 3.48. The van der Waals surface area contributed by atoms with Gasteiger partial charge in [0.15, 0.2) is 0 Å². The van der Waals surface area contributed by atoms with E-state index in [0.29, 0.717) is 22.5 Å². The second-order valence-electron chi connectivity index (χ2n) is 5.28. The molecule has 0 unspecified atom stereocenters. The summed E-state index contributed by atoms with van der Waals surface area (Å²) >= 11 is 0. The predicted molar refractivity (Wildman–Crippen MR) is 91.7 cm³/mol. The molecular formula is C18H15FN4O2. The molecule has 0 fully saturated rings. The number of phenolic OH excluding ortho intramolecular Hbond substituents is 1. The van der Waals surface area contributed by atoms with Crippen molar-refractivity contribution < 1.29 is 14.3 Å². The smallest absolute Gasteiger partial charge is 0.287 e. The van der Waals surface area contributed by atoms with Crippen molar-refractivity contribution in [3.8, 4) is 17.0 Å². The highest BCUT2D eigenvalue weighted by Crippen LogP contribution is 2.18. The lowest BCUT2D eigenvalue weighted by Crippen LogP contribution is -2.36. The number of nitrogens with one attached hydrogen (secondary N) is 3. The number of nitrogens with zero attached hydrogens (tertiary/aromatic N) is 1. The number of hydrogen-bond donors (Lipinski definition) is 4. The molecule has 3 rings (SSSR count). The van der Waals surface area contributed by atoms with Crippen LogP contribution in [0, 0.1) is 5.82 Å². The van der Waals surface area contributed by atoms with Crippen molar-refractivity contribution in [1.82, 2.24) is 21.0 Å². The Morgan fingerprint density at radius 2 is 1.88 bits per heavy atom. The molecule has 0 atom stereocenters. The summed E-state index contributed by atoms with van der Waals surface area (Å²) in [7, 11) is 0. The Labute approximate surface area is 143 Å². The summed E-state index contributed by atoms with van der Waals surface area (Å²) in [5.74, 6) is -0.682. The lowest BCUT2D eigenvalue weighted by atomic mass is 10.1. The Balaban J connectivity index is 1.64. The summed E-state index contributed by atoms with van der Waals surface area (Å²) in [6, 6.07) is 13.8. The highest BCUT2D eigenvalue weighted by molar-refractivity contribution is 5.93. The van der Waals surface area contributed by atoms with Crippen molar-refractivity contribution in [3.63, 3.8) is 0 Å². The molecular weight excluding hydrogens is 323 g/mol. The summed E-state index contributed by atoms with van der Waals surface area (Å²) < 4.78 is 13.0. The van der Waals surface area contributed by atoms with E-state index < -0.39 is 5.91 Å². The van der Waals surface area contributed by atoms with Crippen LogP contribution in [0.3, 0.4) is 0 Å². The molecule has 0 radical (unpaired) electrons. The molecule has 1 aromatic heterocycles. The molecule has 0 aliphatic carbocycles. The number of hydrogen-bond acceptors (Lipinski definition) is 4. The number of phenols is 1. The number of rotatable bonds is 5. The second-order valence-corrected chi connectivity index (χ2v) is 5.28. The summed E-state index contributed by atoms with van der Waals surface area (Å²) in [5.41, 5.74) is 7.67. The quantitative estimate of drug-likeness (QED) is 0.539. The van der Waals surface area contributed by atoms with Crippen LogP contribution in [0.15, 0.2) is 61.2 Å². The van der Waals surface area contributed by atoms with E-state index in [1.165, 1.54) is 24.3 Å². The highest BCUT2D eigenvalue weighted by atomic mass is 19.1. The molecule has 0 saturated carbocycles. The van der Waals surface area contributed by atoms with Gasteiger partial charge in [-0.2, -0.15) is 5.10 Å². The number of amides is 1. The average Bonchev–Trinajstić information content (AvgIpc) is 3.10. The van der Waals surface area contributed by atoms with Crippen LogP contribution >= 0.6 is 0 Å². The van der Waals surface area contributed by atoms with Crippen LogP contribution < -0.4 is 10.9 Å². The van der Waals surface area contributed by atoms with Gasteiger partial charge in [-0.3, -0.25) is 20.7 Å².